The molecule has 0 saturated heterocycles. The highest BCUT2D eigenvalue weighted by molar-refractivity contribution is 7.99. The first-order chi connectivity index (χ1) is 7.75. The van der Waals surface area contributed by atoms with Crippen LogP contribution in [0.25, 0.3) is 0 Å². The van der Waals surface area contributed by atoms with Crippen LogP contribution < -0.4 is 0 Å². The summed E-state index contributed by atoms with van der Waals surface area (Å²) in [5.41, 5.74) is 0.360. The van der Waals surface area contributed by atoms with E-state index in [1.165, 1.54) is 42.4 Å². The van der Waals surface area contributed by atoms with Crippen molar-refractivity contribution in [1.29, 1.82) is 0 Å². The molecule has 2 rings (SSSR count). The summed E-state index contributed by atoms with van der Waals surface area (Å²) < 4.78 is 17.8. The van der Waals surface area contributed by atoms with Crippen molar-refractivity contribution >= 4 is 17.5 Å². The zero-order valence-electron chi connectivity index (χ0n) is 8.22. The van der Waals surface area contributed by atoms with E-state index >= 15 is 0 Å². The van der Waals surface area contributed by atoms with Crippen molar-refractivity contribution in [3.8, 4) is 0 Å². The van der Waals surface area contributed by atoms with Crippen molar-refractivity contribution in [2.24, 2.45) is 0 Å². The van der Waals surface area contributed by atoms with Crippen LogP contribution in [0.15, 0.2) is 46.4 Å². The van der Waals surface area contributed by atoms with E-state index in [1.54, 1.807) is 6.07 Å². The number of hydrogen-bond donors (Lipinski definition) is 0. The first-order valence-corrected chi connectivity index (χ1v) is 5.55. The molecular formula is C11H8FNO2S. The first kappa shape index (κ1) is 10.9. The fourth-order valence-corrected chi connectivity index (χ4v) is 1.83. The van der Waals surface area contributed by atoms with Crippen molar-refractivity contribution < 1.29 is 13.6 Å². The van der Waals surface area contributed by atoms with Gasteiger partial charge in [-0.25, -0.2) is 9.37 Å². The standard InChI is InChI=1S/C11H8FNO2S/c12-9-3-1-2-8(6-9)10(14)7-16-11-13-4-5-15-11/h1-6H,7H2. The Bertz CT molecular complexity index is 484. The molecule has 0 aliphatic heterocycles. The third-order valence-corrected chi connectivity index (χ3v) is 2.74. The lowest BCUT2D eigenvalue weighted by Gasteiger charge is -1.98. The number of ketones is 1. The van der Waals surface area contributed by atoms with Crippen molar-refractivity contribution in [3.05, 3.63) is 48.1 Å². The number of nitrogens with zero attached hydrogens (tertiary/aromatic N) is 1. The summed E-state index contributed by atoms with van der Waals surface area (Å²) >= 11 is 1.19. The Morgan fingerprint density at radius 1 is 1.50 bits per heavy atom. The highest BCUT2D eigenvalue weighted by atomic mass is 32.2. The maximum absolute atomic E-state index is 12.9. The molecule has 0 N–H and O–H groups in total. The minimum absolute atomic E-state index is 0.150. The van der Waals surface area contributed by atoms with Gasteiger partial charge in [0.05, 0.1) is 11.9 Å². The smallest absolute Gasteiger partial charge is 0.255 e. The monoisotopic (exact) mass is 237 g/mol. The summed E-state index contributed by atoms with van der Waals surface area (Å²) in [5.74, 6) is -0.376. The van der Waals surface area contributed by atoms with Gasteiger partial charge in [-0.05, 0) is 12.1 Å². The third-order valence-electron chi connectivity index (χ3n) is 1.88. The maximum Gasteiger partial charge on any atom is 0.255 e. The summed E-state index contributed by atoms with van der Waals surface area (Å²) in [5, 5.41) is 0.435. The van der Waals surface area contributed by atoms with Gasteiger partial charge in [-0.3, -0.25) is 4.79 Å². The molecule has 0 fully saturated rings. The number of Topliss-reactive ketones (excluding diaryl/α,β-unsaturated/α-hetero) is 1. The summed E-state index contributed by atoms with van der Waals surface area (Å²) in [7, 11) is 0. The van der Waals surface area contributed by atoms with Gasteiger partial charge in [0.15, 0.2) is 5.78 Å². The molecule has 0 amide bonds. The average molecular weight is 237 g/mol. The van der Waals surface area contributed by atoms with Crippen molar-refractivity contribution in [2.45, 2.75) is 5.22 Å². The Morgan fingerprint density at radius 2 is 2.38 bits per heavy atom. The van der Waals surface area contributed by atoms with Gasteiger partial charge in [0, 0.05) is 5.56 Å². The number of aromatic nitrogens is 1. The summed E-state index contributed by atoms with van der Waals surface area (Å²) in [6.07, 6.45) is 2.95. The molecule has 3 nitrogen and oxygen atoms in total. The Labute approximate surface area is 95.7 Å². The van der Waals surface area contributed by atoms with Gasteiger partial charge in [0.2, 0.25) is 0 Å². The van der Waals surface area contributed by atoms with E-state index in [4.69, 9.17) is 4.42 Å². The van der Waals surface area contributed by atoms with Crippen LogP contribution >= 0.6 is 11.8 Å². The fraction of sp³-hybridized carbons (Fsp3) is 0.0909. The Morgan fingerprint density at radius 3 is 3.06 bits per heavy atom. The number of halogens is 1. The van der Waals surface area contributed by atoms with E-state index in [2.05, 4.69) is 4.98 Å². The van der Waals surface area contributed by atoms with Gasteiger partial charge in [0.1, 0.15) is 12.1 Å². The molecular weight excluding hydrogens is 229 g/mol. The SMILES string of the molecule is O=C(CSc1ncco1)c1cccc(F)c1. The van der Waals surface area contributed by atoms with Crippen LogP contribution in [-0.2, 0) is 0 Å². The molecule has 1 aromatic carbocycles. The minimum Gasteiger partial charge on any atom is -0.440 e. The highest BCUT2D eigenvalue weighted by Crippen LogP contribution is 2.16. The Hall–Kier alpha value is -1.62. The lowest BCUT2D eigenvalue weighted by atomic mass is 10.1. The lowest BCUT2D eigenvalue weighted by Crippen LogP contribution is -2.02. The molecule has 0 aliphatic carbocycles. The summed E-state index contributed by atoms with van der Waals surface area (Å²) in [6.45, 7) is 0. The molecule has 0 spiro atoms. The fourth-order valence-electron chi connectivity index (χ4n) is 1.15. The molecule has 0 bridgehead atoms. The van der Waals surface area contributed by atoms with Crippen molar-refractivity contribution in [2.75, 3.05) is 5.75 Å². The molecule has 5 heteroatoms. The second-order valence-electron chi connectivity index (χ2n) is 3.02. The van der Waals surface area contributed by atoms with Crippen LogP contribution in [-0.4, -0.2) is 16.5 Å². The quantitative estimate of drug-likeness (QED) is 0.605. The Kier molecular flexibility index (Phi) is 3.36. The lowest BCUT2D eigenvalue weighted by molar-refractivity contribution is 0.102. The second-order valence-corrected chi connectivity index (χ2v) is 3.95. The summed E-state index contributed by atoms with van der Waals surface area (Å²) in [4.78, 5) is 15.5. The maximum atomic E-state index is 12.9. The number of carbonyl (C=O) groups excluding carboxylic acids is 1. The predicted molar refractivity (Wildman–Crippen MR) is 58.0 cm³/mol. The molecule has 0 atom stereocenters. The molecule has 1 heterocycles. The molecule has 1 aromatic heterocycles. The van der Waals surface area contributed by atoms with Crippen LogP contribution in [0.3, 0.4) is 0 Å². The molecule has 2 aromatic rings. The zero-order chi connectivity index (χ0) is 11.4. The highest BCUT2D eigenvalue weighted by Gasteiger charge is 2.09. The molecule has 0 unspecified atom stereocenters. The number of benzene rings is 1. The van der Waals surface area contributed by atoms with Crippen LogP contribution in [0.5, 0.6) is 0 Å². The molecule has 0 aliphatic rings. The van der Waals surface area contributed by atoms with Crippen LogP contribution in [0.2, 0.25) is 0 Å². The van der Waals surface area contributed by atoms with E-state index in [0.29, 0.717) is 10.8 Å². The normalized spacial score (nSPS) is 10.3. The van der Waals surface area contributed by atoms with Crippen LogP contribution in [0.4, 0.5) is 4.39 Å². The Balaban J connectivity index is 1.98. The number of oxazole rings is 1. The van der Waals surface area contributed by atoms with Crippen molar-refractivity contribution in [3.63, 3.8) is 0 Å². The molecule has 16 heavy (non-hydrogen) atoms. The molecule has 0 saturated carbocycles. The number of thioether (sulfide) groups is 1. The van der Waals surface area contributed by atoms with E-state index in [1.807, 2.05) is 0 Å². The number of rotatable bonds is 4. The number of carbonyl (C=O) groups is 1. The van der Waals surface area contributed by atoms with Gasteiger partial charge in [0.25, 0.3) is 5.22 Å². The van der Waals surface area contributed by atoms with E-state index in [0.717, 1.165) is 0 Å². The summed E-state index contributed by atoms with van der Waals surface area (Å²) in [6, 6.07) is 5.62. The van der Waals surface area contributed by atoms with Crippen molar-refractivity contribution in [1.82, 2.24) is 4.98 Å². The predicted octanol–water partition coefficient (Wildman–Crippen LogP) is 2.79. The topological polar surface area (TPSA) is 43.1 Å². The van der Waals surface area contributed by atoms with Gasteiger partial charge in [-0.2, -0.15) is 0 Å². The van der Waals surface area contributed by atoms with E-state index < -0.39 is 5.82 Å². The van der Waals surface area contributed by atoms with Crippen LogP contribution in [0.1, 0.15) is 10.4 Å². The first-order valence-electron chi connectivity index (χ1n) is 4.57. The van der Waals surface area contributed by atoms with E-state index in [9.17, 15) is 9.18 Å². The largest absolute Gasteiger partial charge is 0.440 e. The van der Waals surface area contributed by atoms with Crippen LogP contribution in [0, 0.1) is 5.82 Å². The number of hydrogen-bond acceptors (Lipinski definition) is 4. The van der Waals surface area contributed by atoms with Gasteiger partial charge < -0.3 is 4.42 Å². The van der Waals surface area contributed by atoms with Gasteiger partial charge in [-0.15, -0.1) is 0 Å². The van der Waals surface area contributed by atoms with Gasteiger partial charge in [-0.1, -0.05) is 23.9 Å². The third kappa shape index (κ3) is 2.70. The van der Waals surface area contributed by atoms with Gasteiger partial charge >= 0.3 is 0 Å². The molecule has 0 radical (unpaired) electrons. The average Bonchev–Trinajstić information content (AvgIpc) is 2.78. The zero-order valence-corrected chi connectivity index (χ0v) is 9.04. The minimum atomic E-state index is -0.410. The van der Waals surface area contributed by atoms with E-state index in [-0.39, 0.29) is 11.5 Å². The molecule has 82 valence electrons. The second kappa shape index (κ2) is 4.94.